The second kappa shape index (κ2) is 11.4. The fourth-order valence-electron chi connectivity index (χ4n) is 3.17. The highest BCUT2D eigenvalue weighted by molar-refractivity contribution is 7.16. The minimum absolute atomic E-state index is 0.0906. The quantitative estimate of drug-likeness (QED) is 0.375. The van der Waals surface area contributed by atoms with Crippen molar-refractivity contribution in [2.24, 2.45) is 4.99 Å². The van der Waals surface area contributed by atoms with E-state index in [0.29, 0.717) is 33.9 Å². The van der Waals surface area contributed by atoms with E-state index in [1.54, 1.807) is 47.0 Å². The maximum absolute atomic E-state index is 12.8. The van der Waals surface area contributed by atoms with Crippen LogP contribution in [0.5, 0.6) is 5.75 Å². The van der Waals surface area contributed by atoms with Crippen LogP contribution in [0.3, 0.4) is 0 Å². The summed E-state index contributed by atoms with van der Waals surface area (Å²) >= 11 is 1.25. The Balaban J connectivity index is 1.90. The first-order valence-electron chi connectivity index (χ1n) is 10.7. The number of nitrogens with zero attached hydrogens (tertiary/aromatic N) is 2. The Labute approximate surface area is 195 Å². The molecule has 2 amide bonds. The van der Waals surface area contributed by atoms with Gasteiger partial charge in [0, 0.05) is 18.2 Å². The number of methoxy groups -OCH3 is 1. The van der Waals surface area contributed by atoms with E-state index in [2.05, 4.69) is 17.2 Å². The topological polar surface area (TPSA) is 99.0 Å². The van der Waals surface area contributed by atoms with E-state index in [1.807, 2.05) is 0 Å². The standard InChI is InChI=1S/C24H27N3O5S/c1-4-5-6-13-32-19-10-7-17(8-11-19)23(30)26-24-27(15-22(29)31-3)20-12-9-18(25-16(2)28)14-21(20)33-24/h7-12,14H,4-6,13,15H2,1-3H3,(H,25,28). The van der Waals surface area contributed by atoms with E-state index in [-0.39, 0.29) is 12.5 Å². The average Bonchev–Trinajstić information content (AvgIpc) is 3.12. The molecule has 2 aromatic carbocycles. The van der Waals surface area contributed by atoms with E-state index in [9.17, 15) is 14.4 Å². The molecule has 0 spiro atoms. The van der Waals surface area contributed by atoms with E-state index in [0.717, 1.165) is 24.0 Å². The van der Waals surface area contributed by atoms with Gasteiger partial charge in [-0.3, -0.25) is 14.4 Å². The zero-order valence-electron chi connectivity index (χ0n) is 18.9. The monoisotopic (exact) mass is 469 g/mol. The first kappa shape index (κ1) is 24.2. The number of carbonyl (C=O) groups is 3. The molecule has 174 valence electrons. The van der Waals surface area contributed by atoms with Crippen LogP contribution in [0.4, 0.5) is 5.69 Å². The highest BCUT2D eigenvalue weighted by Gasteiger charge is 2.13. The first-order chi connectivity index (χ1) is 15.9. The second-order valence-corrected chi connectivity index (χ2v) is 8.42. The third kappa shape index (κ3) is 6.52. The number of amides is 2. The number of nitrogens with one attached hydrogen (secondary N) is 1. The van der Waals surface area contributed by atoms with E-state index in [1.165, 1.54) is 25.4 Å². The summed E-state index contributed by atoms with van der Waals surface area (Å²) in [5.41, 5.74) is 1.74. The number of carbonyl (C=O) groups excluding carboxylic acids is 3. The van der Waals surface area contributed by atoms with Crippen LogP contribution in [0.25, 0.3) is 10.2 Å². The maximum Gasteiger partial charge on any atom is 0.325 e. The predicted molar refractivity (Wildman–Crippen MR) is 127 cm³/mol. The minimum Gasteiger partial charge on any atom is -0.494 e. The normalized spacial score (nSPS) is 11.4. The Kier molecular flexibility index (Phi) is 8.37. The van der Waals surface area contributed by atoms with Crippen LogP contribution in [-0.2, 0) is 20.9 Å². The average molecular weight is 470 g/mol. The fraction of sp³-hybridized carbons (Fsp3) is 0.333. The molecule has 3 rings (SSSR count). The van der Waals surface area contributed by atoms with Crippen LogP contribution in [0.15, 0.2) is 47.5 Å². The van der Waals surface area contributed by atoms with E-state index in [4.69, 9.17) is 9.47 Å². The van der Waals surface area contributed by atoms with E-state index >= 15 is 0 Å². The van der Waals surface area contributed by atoms with E-state index < -0.39 is 11.9 Å². The van der Waals surface area contributed by atoms with Gasteiger partial charge in [-0.15, -0.1) is 0 Å². The molecule has 0 saturated carbocycles. The summed E-state index contributed by atoms with van der Waals surface area (Å²) < 4.78 is 12.9. The lowest BCUT2D eigenvalue weighted by molar-refractivity contribution is -0.141. The Morgan fingerprint density at radius 1 is 1.09 bits per heavy atom. The number of thiazole rings is 1. The number of hydrogen-bond donors (Lipinski definition) is 1. The molecule has 3 aromatic rings. The third-order valence-electron chi connectivity index (χ3n) is 4.83. The number of unbranched alkanes of at least 4 members (excludes halogenated alkanes) is 2. The molecule has 0 unspecified atom stereocenters. The molecular formula is C24H27N3O5S. The van der Waals surface area contributed by atoms with Crippen molar-refractivity contribution in [3.63, 3.8) is 0 Å². The highest BCUT2D eigenvalue weighted by Crippen LogP contribution is 2.22. The number of benzene rings is 2. The van der Waals surface area contributed by atoms with Gasteiger partial charge in [-0.25, -0.2) is 0 Å². The summed E-state index contributed by atoms with van der Waals surface area (Å²) in [7, 11) is 1.31. The maximum atomic E-state index is 12.8. The molecular weight excluding hydrogens is 442 g/mol. The predicted octanol–water partition coefficient (Wildman–Crippen LogP) is 4.14. The van der Waals surface area contributed by atoms with Gasteiger partial charge in [-0.1, -0.05) is 31.1 Å². The molecule has 1 heterocycles. The molecule has 0 aliphatic rings. The zero-order chi connectivity index (χ0) is 23.8. The Hall–Kier alpha value is -3.46. The van der Waals surface area contributed by atoms with Crippen LogP contribution in [0, 0.1) is 0 Å². The van der Waals surface area contributed by atoms with Gasteiger partial charge in [0.05, 0.1) is 23.9 Å². The number of hydrogen-bond acceptors (Lipinski definition) is 6. The molecule has 0 saturated heterocycles. The van der Waals surface area contributed by atoms with Crippen molar-refractivity contribution in [1.82, 2.24) is 4.57 Å². The van der Waals surface area contributed by atoms with Gasteiger partial charge in [-0.05, 0) is 48.9 Å². The Bertz CT molecular complexity index is 1210. The SMILES string of the molecule is CCCCCOc1ccc(C(=O)N=c2sc3cc(NC(C)=O)ccc3n2CC(=O)OC)cc1. The first-order valence-corrected chi connectivity index (χ1v) is 11.5. The molecule has 1 aromatic heterocycles. The van der Waals surface area contributed by atoms with Gasteiger partial charge < -0.3 is 19.4 Å². The Morgan fingerprint density at radius 3 is 2.52 bits per heavy atom. The molecule has 9 heteroatoms. The number of fused-ring (bicyclic) bond motifs is 1. The number of esters is 1. The van der Waals surface area contributed by atoms with Crippen molar-refractivity contribution in [3.05, 3.63) is 52.8 Å². The van der Waals surface area contributed by atoms with Crippen LogP contribution in [0.1, 0.15) is 43.5 Å². The molecule has 33 heavy (non-hydrogen) atoms. The molecule has 1 N–H and O–H groups in total. The summed E-state index contributed by atoms with van der Waals surface area (Å²) in [6, 6.07) is 12.1. The summed E-state index contributed by atoms with van der Waals surface area (Å²) in [5.74, 6) is -0.374. The smallest absolute Gasteiger partial charge is 0.325 e. The van der Waals surface area contributed by atoms with Crippen LogP contribution >= 0.6 is 11.3 Å². The summed E-state index contributed by atoms with van der Waals surface area (Å²) in [5, 5.41) is 2.73. The summed E-state index contributed by atoms with van der Waals surface area (Å²) in [4.78, 5) is 40.8. The van der Waals surface area contributed by atoms with Gasteiger partial charge in [-0.2, -0.15) is 4.99 Å². The van der Waals surface area contributed by atoms with Crippen LogP contribution in [0.2, 0.25) is 0 Å². The minimum atomic E-state index is -0.459. The molecule has 0 aliphatic carbocycles. The molecule has 0 atom stereocenters. The fourth-order valence-corrected chi connectivity index (χ4v) is 4.24. The van der Waals surface area contributed by atoms with Gasteiger partial charge in [0.25, 0.3) is 5.91 Å². The van der Waals surface area contributed by atoms with Crippen LogP contribution in [-0.4, -0.2) is 36.1 Å². The number of ether oxygens (including phenoxy) is 2. The van der Waals surface area contributed by atoms with Gasteiger partial charge >= 0.3 is 5.97 Å². The van der Waals surface area contributed by atoms with Crippen molar-refractivity contribution in [1.29, 1.82) is 0 Å². The zero-order valence-corrected chi connectivity index (χ0v) is 19.7. The second-order valence-electron chi connectivity index (χ2n) is 7.41. The molecule has 0 aliphatic heterocycles. The lowest BCUT2D eigenvalue weighted by Crippen LogP contribution is -2.22. The van der Waals surface area contributed by atoms with Crippen molar-refractivity contribution in [2.75, 3.05) is 19.0 Å². The van der Waals surface area contributed by atoms with Gasteiger partial charge in [0.2, 0.25) is 5.91 Å². The van der Waals surface area contributed by atoms with Gasteiger partial charge in [0.15, 0.2) is 4.80 Å². The van der Waals surface area contributed by atoms with Crippen molar-refractivity contribution >= 4 is 45.0 Å². The van der Waals surface area contributed by atoms with Crippen LogP contribution < -0.4 is 14.9 Å². The molecule has 0 radical (unpaired) electrons. The summed E-state index contributed by atoms with van der Waals surface area (Å²) in [6.45, 7) is 4.11. The number of aromatic nitrogens is 1. The molecule has 0 bridgehead atoms. The van der Waals surface area contributed by atoms with Crippen molar-refractivity contribution in [3.8, 4) is 5.75 Å². The lowest BCUT2D eigenvalue weighted by atomic mass is 10.2. The number of rotatable bonds is 9. The largest absolute Gasteiger partial charge is 0.494 e. The van der Waals surface area contributed by atoms with Crippen molar-refractivity contribution < 1.29 is 23.9 Å². The number of anilines is 1. The van der Waals surface area contributed by atoms with Gasteiger partial charge in [0.1, 0.15) is 12.3 Å². The van der Waals surface area contributed by atoms with Crippen molar-refractivity contribution in [2.45, 2.75) is 39.7 Å². The highest BCUT2D eigenvalue weighted by atomic mass is 32.1. The third-order valence-corrected chi connectivity index (χ3v) is 5.87. The molecule has 0 fully saturated rings. The molecule has 8 nitrogen and oxygen atoms in total. The Morgan fingerprint density at radius 2 is 1.85 bits per heavy atom. The lowest BCUT2D eigenvalue weighted by Gasteiger charge is -2.06. The summed E-state index contributed by atoms with van der Waals surface area (Å²) in [6.07, 6.45) is 3.23.